The maximum atomic E-state index is 12.3. The molecule has 0 spiro atoms. The molecule has 0 bridgehead atoms. The topological polar surface area (TPSA) is 38.8 Å². The smallest absolute Gasteiger partial charge is 0.231 e. The number of nitrogens with zero attached hydrogens (tertiary/aromatic N) is 1. The third-order valence-electron chi connectivity index (χ3n) is 3.15. The normalized spacial score (nSPS) is 13.3. The van der Waals surface area contributed by atoms with Gasteiger partial charge in [-0.05, 0) is 30.8 Å². The average molecular weight is 285 g/mol. The number of ether oxygens (including phenoxy) is 2. The Balaban J connectivity index is 1.99. The van der Waals surface area contributed by atoms with Gasteiger partial charge >= 0.3 is 0 Å². The van der Waals surface area contributed by atoms with Crippen molar-refractivity contribution in [2.24, 2.45) is 0 Å². The number of carbonyl (C=O) groups is 1. The second-order valence-electron chi connectivity index (χ2n) is 4.84. The molecule has 110 valence electrons. The Morgan fingerprint density at radius 2 is 2.05 bits per heavy atom. The minimum absolute atomic E-state index is 0.0396. The Labute approximate surface area is 125 Å². The zero-order valence-corrected chi connectivity index (χ0v) is 12.2. The molecule has 0 saturated heterocycles. The van der Waals surface area contributed by atoms with Gasteiger partial charge in [0.1, 0.15) is 0 Å². The summed E-state index contributed by atoms with van der Waals surface area (Å²) in [5, 5.41) is 0. The summed E-state index contributed by atoms with van der Waals surface area (Å²) in [5.74, 6) is 1.35. The maximum Gasteiger partial charge on any atom is 0.231 e. The Hall–Kier alpha value is -2.33. The minimum Gasteiger partial charge on any atom is -0.454 e. The number of benzene rings is 1. The zero-order chi connectivity index (χ0) is 15.2. The van der Waals surface area contributed by atoms with E-state index >= 15 is 0 Å². The van der Waals surface area contributed by atoms with Crippen LogP contribution in [0.1, 0.15) is 10.4 Å². The van der Waals surface area contributed by atoms with Crippen molar-refractivity contribution < 1.29 is 14.3 Å². The molecule has 0 N–H and O–H groups in total. The van der Waals surface area contributed by atoms with Crippen molar-refractivity contribution in [2.45, 2.75) is 0 Å². The molecule has 0 amide bonds. The molecule has 4 heteroatoms. The Morgan fingerprint density at radius 3 is 2.76 bits per heavy atom. The van der Waals surface area contributed by atoms with Crippen LogP contribution in [0.15, 0.2) is 55.2 Å². The molecule has 1 heterocycles. The highest BCUT2D eigenvalue weighted by Gasteiger charge is 2.17. The lowest BCUT2D eigenvalue weighted by Gasteiger charge is -2.16. The molecule has 1 aliphatic heterocycles. The quantitative estimate of drug-likeness (QED) is 0.570. The summed E-state index contributed by atoms with van der Waals surface area (Å²) < 4.78 is 10.5. The number of Topliss-reactive ketones (excluding diaryl/α,β-unsaturated/α-hetero) is 1. The van der Waals surface area contributed by atoms with Crippen LogP contribution in [0.4, 0.5) is 0 Å². The van der Waals surface area contributed by atoms with Gasteiger partial charge in [0.15, 0.2) is 17.3 Å². The van der Waals surface area contributed by atoms with Crippen LogP contribution in [0, 0.1) is 0 Å². The van der Waals surface area contributed by atoms with Crippen molar-refractivity contribution >= 4 is 5.78 Å². The standard InChI is InChI=1S/C17H19NO3/c1-4-6-13(5-2)10-18(3)11-15(19)14-7-8-16-17(9-14)21-12-20-16/h4-9H,1-2,10-12H2,3H3/b13-6+. The molecular weight excluding hydrogens is 266 g/mol. The molecule has 0 atom stereocenters. The van der Waals surface area contributed by atoms with Gasteiger partial charge in [0.2, 0.25) is 6.79 Å². The lowest BCUT2D eigenvalue weighted by atomic mass is 10.1. The van der Waals surface area contributed by atoms with Crippen molar-refractivity contribution in [1.29, 1.82) is 0 Å². The van der Waals surface area contributed by atoms with E-state index in [1.807, 2.05) is 18.0 Å². The van der Waals surface area contributed by atoms with E-state index in [-0.39, 0.29) is 12.6 Å². The fourth-order valence-corrected chi connectivity index (χ4v) is 2.11. The van der Waals surface area contributed by atoms with E-state index in [2.05, 4.69) is 13.2 Å². The van der Waals surface area contributed by atoms with Gasteiger partial charge in [-0.3, -0.25) is 9.69 Å². The predicted molar refractivity (Wildman–Crippen MR) is 82.9 cm³/mol. The van der Waals surface area contributed by atoms with Crippen LogP contribution < -0.4 is 9.47 Å². The number of hydrogen-bond acceptors (Lipinski definition) is 4. The summed E-state index contributed by atoms with van der Waals surface area (Å²) in [5.41, 5.74) is 1.64. The van der Waals surface area contributed by atoms with Crippen LogP contribution in [-0.4, -0.2) is 37.6 Å². The van der Waals surface area contributed by atoms with Crippen molar-refractivity contribution in [2.75, 3.05) is 26.9 Å². The summed E-state index contributed by atoms with van der Waals surface area (Å²) in [6, 6.07) is 5.26. The van der Waals surface area contributed by atoms with Crippen LogP contribution in [0.5, 0.6) is 11.5 Å². The predicted octanol–water partition coefficient (Wildman–Crippen LogP) is 2.83. The molecule has 1 aromatic carbocycles. The second kappa shape index (κ2) is 6.90. The first-order valence-electron chi connectivity index (χ1n) is 6.69. The molecule has 0 saturated carbocycles. The third-order valence-corrected chi connectivity index (χ3v) is 3.15. The van der Waals surface area contributed by atoms with Gasteiger partial charge in [0.25, 0.3) is 0 Å². The summed E-state index contributed by atoms with van der Waals surface area (Å²) in [7, 11) is 1.89. The van der Waals surface area contributed by atoms with E-state index in [1.54, 1.807) is 30.4 Å². The van der Waals surface area contributed by atoms with Crippen molar-refractivity contribution in [1.82, 2.24) is 4.90 Å². The molecule has 1 aliphatic rings. The highest BCUT2D eigenvalue weighted by atomic mass is 16.7. The summed E-state index contributed by atoms with van der Waals surface area (Å²) >= 11 is 0. The molecule has 0 fully saturated rings. The van der Waals surface area contributed by atoms with Gasteiger partial charge in [0.05, 0.1) is 6.54 Å². The van der Waals surface area contributed by atoms with Crippen molar-refractivity contribution in [3.63, 3.8) is 0 Å². The van der Waals surface area contributed by atoms with Gasteiger partial charge < -0.3 is 9.47 Å². The molecular formula is C17H19NO3. The van der Waals surface area contributed by atoms with Crippen LogP contribution in [0.2, 0.25) is 0 Å². The van der Waals surface area contributed by atoms with E-state index in [4.69, 9.17) is 9.47 Å². The fraction of sp³-hybridized carbons (Fsp3) is 0.235. The SMILES string of the molecule is C=C/C=C(\C=C)CN(C)CC(=O)c1ccc2c(c1)OCO2. The first-order chi connectivity index (χ1) is 10.1. The summed E-state index contributed by atoms with van der Waals surface area (Å²) in [6.45, 7) is 8.59. The summed E-state index contributed by atoms with van der Waals surface area (Å²) in [4.78, 5) is 14.2. The first-order valence-corrected chi connectivity index (χ1v) is 6.69. The third kappa shape index (κ3) is 3.83. The van der Waals surface area contributed by atoms with E-state index in [0.29, 0.717) is 30.2 Å². The molecule has 0 unspecified atom stereocenters. The molecule has 0 aromatic heterocycles. The summed E-state index contributed by atoms with van der Waals surface area (Å²) in [6.07, 6.45) is 5.36. The van der Waals surface area contributed by atoms with E-state index in [0.717, 1.165) is 5.57 Å². The number of hydrogen-bond donors (Lipinski definition) is 0. The van der Waals surface area contributed by atoms with Crippen LogP contribution in [0.3, 0.4) is 0 Å². The van der Waals surface area contributed by atoms with E-state index in [1.165, 1.54) is 0 Å². The van der Waals surface area contributed by atoms with Crippen LogP contribution >= 0.6 is 0 Å². The lowest BCUT2D eigenvalue weighted by Crippen LogP contribution is -2.27. The van der Waals surface area contributed by atoms with E-state index < -0.39 is 0 Å². The fourth-order valence-electron chi connectivity index (χ4n) is 2.11. The van der Waals surface area contributed by atoms with Gasteiger partial charge in [-0.2, -0.15) is 0 Å². The molecule has 4 nitrogen and oxygen atoms in total. The molecule has 0 radical (unpaired) electrons. The first kappa shape index (κ1) is 15.1. The molecule has 0 aliphatic carbocycles. The van der Waals surface area contributed by atoms with Gasteiger partial charge in [-0.15, -0.1) is 0 Å². The Bertz CT molecular complexity index is 590. The van der Waals surface area contributed by atoms with Crippen LogP contribution in [0.25, 0.3) is 0 Å². The van der Waals surface area contributed by atoms with Gasteiger partial charge in [0, 0.05) is 12.1 Å². The van der Waals surface area contributed by atoms with Crippen molar-refractivity contribution in [3.05, 3.63) is 60.7 Å². The van der Waals surface area contributed by atoms with Gasteiger partial charge in [-0.1, -0.05) is 31.4 Å². The van der Waals surface area contributed by atoms with Gasteiger partial charge in [-0.25, -0.2) is 0 Å². The number of carbonyl (C=O) groups excluding carboxylic acids is 1. The van der Waals surface area contributed by atoms with Crippen molar-refractivity contribution in [3.8, 4) is 11.5 Å². The lowest BCUT2D eigenvalue weighted by molar-refractivity contribution is 0.0950. The highest BCUT2D eigenvalue weighted by Crippen LogP contribution is 2.32. The van der Waals surface area contributed by atoms with E-state index in [9.17, 15) is 4.79 Å². The number of likely N-dealkylation sites (N-methyl/N-ethyl adjacent to an activating group) is 1. The zero-order valence-electron chi connectivity index (χ0n) is 12.2. The number of fused-ring (bicyclic) bond motifs is 1. The number of rotatable bonds is 7. The molecule has 1 aromatic rings. The second-order valence-corrected chi connectivity index (χ2v) is 4.84. The monoisotopic (exact) mass is 285 g/mol. The molecule has 21 heavy (non-hydrogen) atoms. The highest BCUT2D eigenvalue weighted by molar-refractivity contribution is 5.98. The molecule has 2 rings (SSSR count). The average Bonchev–Trinajstić information content (AvgIpc) is 2.93. The Kier molecular flexibility index (Phi) is 4.95. The van der Waals surface area contributed by atoms with Crippen LogP contribution in [-0.2, 0) is 0 Å². The maximum absolute atomic E-state index is 12.3. The largest absolute Gasteiger partial charge is 0.454 e. The Morgan fingerprint density at radius 1 is 1.29 bits per heavy atom. The minimum atomic E-state index is 0.0396. The number of ketones is 1. The number of allylic oxidation sites excluding steroid dienone is 2.